The number of aromatic nitrogens is 1. The van der Waals surface area contributed by atoms with Gasteiger partial charge in [-0.05, 0) is 19.1 Å². The third kappa shape index (κ3) is 3.22. The highest BCUT2D eigenvalue weighted by Gasteiger charge is 2.09. The fraction of sp³-hybridized carbons (Fsp3) is 0.400. The monoisotopic (exact) mass is 260 g/mol. The smallest absolute Gasteiger partial charge is 0.0854 e. The molecule has 1 heterocycles. The van der Waals surface area contributed by atoms with Gasteiger partial charge in [0.2, 0.25) is 0 Å². The number of ether oxygens (including phenoxy) is 1. The third-order valence-corrected chi connectivity index (χ3v) is 3.10. The molecule has 1 N–H and O–H groups in total. The predicted octanol–water partition coefficient (Wildman–Crippen LogP) is 2.20. The number of fused-ring (bicyclic) bond motifs is 1. The van der Waals surface area contributed by atoms with Gasteiger partial charge in [0.15, 0.2) is 0 Å². The number of aliphatic hydroxyl groups excluding tert-OH is 1. The summed E-state index contributed by atoms with van der Waals surface area (Å²) < 4.78 is 5.39. The van der Waals surface area contributed by atoms with Gasteiger partial charge in [0, 0.05) is 31.3 Å². The number of hydrogen-bond donors (Lipinski definition) is 1. The number of hydrogen-bond acceptors (Lipinski definition) is 4. The Bertz CT molecular complexity index is 543. The van der Waals surface area contributed by atoms with Crippen LogP contribution in [0, 0.1) is 0 Å². The molecule has 1 aromatic heterocycles. The van der Waals surface area contributed by atoms with Gasteiger partial charge in [-0.15, -0.1) is 0 Å². The van der Waals surface area contributed by atoms with Crippen molar-refractivity contribution in [2.45, 2.75) is 13.5 Å². The van der Waals surface area contributed by atoms with Crippen LogP contribution in [0.3, 0.4) is 0 Å². The summed E-state index contributed by atoms with van der Waals surface area (Å²) in [5.41, 5.74) is 2.68. The van der Waals surface area contributed by atoms with Crippen LogP contribution in [0.5, 0.6) is 0 Å². The van der Waals surface area contributed by atoms with Crippen LogP contribution in [-0.2, 0) is 11.3 Å². The average Bonchev–Trinajstić information content (AvgIpc) is 2.46. The van der Waals surface area contributed by atoms with Crippen molar-refractivity contribution in [3.63, 3.8) is 0 Å². The maximum absolute atomic E-state index is 9.31. The van der Waals surface area contributed by atoms with E-state index in [-0.39, 0.29) is 6.61 Å². The van der Waals surface area contributed by atoms with E-state index in [4.69, 9.17) is 4.74 Å². The van der Waals surface area contributed by atoms with Crippen LogP contribution in [0.15, 0.2) is 30.3 Å². The lowest BCUT2D eigenvalue weighted by atomic mass is 10.1. The van der Waals surface area contributed by atoms with Gasteiger partial charge < -0.3 is 14.7 Å². The number of pyridine rings is 1. The minimum absolute atomic E-state index is 0.0445. The molecule has 0 saturated carbocycles. The minimum atomic E-state index is -0.0445. The number of nitrogens with zero attached hydrogens (tertiary/aromatic N) is 2. The van der Waals surface area contributed by atoms with Gasteiger partial charge in [-0.3, -0.25) is 4.98 Å². The molecule has 0 fully saturated rings. The van der Waals surface area contributed by atoms with Crippen molar-refractivity contribution in [3.8, 4) is 0 Å². The Morgan fingerprint density at radius 2 is 2.11 bits per heavy atom. The first-order chi connectivity index (χ1) is 9.26. The van der Waals surface area contributed by atoms with Crippen LogP contribution in [0.4, 0.5) is 5.69 Å². The first-order valence-corrected chi connectivity index (χ1v) is 6.54. The number of benzene rings is 1. The molecule has 102 valence electrons. The highest BCUT2D eigenvalue weighted by atomic mass is 16.5. The number of para-hydroxylation sites is 1. The van der Waals surface area contributed by atoms with Crippen LogP contribution in [0.25, 0.3) is 10.9 Å². The molecule has 0 spiro atoms. The zero-order valence-electron chi connectivity index (χ0n) is 11.5. The Balaban J connectivity index is 2.34. The molecule has 0 saturated heterocycles. The second kappa shape index (κ2) is 6.50. The van der Waals surface area contributed by atoms with Crippen molar-refractivity contribution in [1.29, 1.82) is 0 Å². The molecule has 1 aromatic carbocycles. The van der Waals surface area contributed by atoms with Crippen molar-refractivity contribution >= 4 is 16.6 Å². The molecule has 0 aliphatic heterocycles. The Morgan fingerprint density at radius 3 is 2.84 bits per heavy atom. The van der Waals surface area contributed by atoms with E-state index >= 15 is 0 Å². The Hall–Kier alpha value is -1.65. The SMILES string of the molecule is CCOCCN(C)c1cc(CO)nc2ccccc12. The maximum Gasteiger partial charge on any atom is 0.0854 e. The number of aliphatic hydroxyl groups is 1. The van der Waals surface area contributed by atoms with E-state index < -0.39 is 0 Å². The summed E-state index contributed by atoms with van der Waals surface area (Å²) >= 11 is 0. The lowest BCUT2D eigenvalue weighted by Crippen LogP contribution is -2.23. The topological polar surface area (TPSA) is 45.6 Å². The van der Waals surface area contributed by atoms with Crippen LogP contribution >= 0.6 is 0 Å². The summed E-state index contributed by atoms with van der Waals surface area (Å²) in [5, 5.41) is 10.4. The minimum Gasteiger partial charge on any atom is -0.390 e. The standard InChI is InChI=1S/C15H20N2O2/c1-3-19-9-8-17(2)15-10-12(11-18)16-14-7-5-4-6-13(14)15/h4-7,10,18H,3,8-9,11H2,1-2H3. The lowest BCUT2D eigenvalue weighted by molar-refractivity contribution is 0.154. The fourth-order valence-corrected chi connectivity index (χ4v) is 2.07. The van der Waals surface area contributed by atoms with Gasteiger partial charge in [0.05, 0.1) is 24.4 Å². The molecule has 0 atom stereocenters. The van der Waals surface area contributed by atoms with Crippen LogP contribution < -0.4 is 4.90 Å². The zero-order chi connectivity index (χ0) is 13.7. The number of likely N-dealkylation sites (N-methyl/N-ethyl adjacent to an activating group) is 1. The van der Waals surface area contributed by atoms with Gasteiger partial charge in [0.25, 0.3) is 0 Å². The van der Waals surface area contributed by atoms with Crippen LogP contribution in [-0.4, -0.2) is 36.9 Å². The summed E-state index contributed by atoms with van der Waals surface area (Å²) in [7, 11) is 2.03. The molecule has 0 unspecified atom stereocenters. The number of rotatable bonds is 6. The summed E-state index contributed by atoms with van der Waals surface area (Å²) in [6, 6.07) is 9.92. The van der Waals surface area contributed by atoms with E-state index in [9.17, 15) is 5.11 Å². The third-order valence-electron chi connectivity index (χ3n) is 3.10. The molecule has 4 nitrogen and oxygen atoms in total. The summed E-state index contributed by atoms with van der Waals surface area (Å²) in [5.74, 6) is 0. The van der Waals surface area contributed by atoms with Crippen LogP contribution in [0.1, 0.15) is 12.6 Å². The molecule has 2 rings (SSSR count). The van der Waals surface area contributed by atoms with Crippen molar-refractivity contribution in [1.82, 2.24) is 4.98 Å². The molecule has 2 aromatic rings. The first-order valence-electron chi connectivity index (χ1n) is 6.54. The molecule has 0 aliphatic carbocycles. The predicted molar refractivity (Wildman–Crippen MR) is 77.4 cm³/mol. The molecule has 0 radical (unpaired) electrons. The molecular formula is C15H20N2O2. The van der Waals surface area contributed by atoms with Gasteiger partial charge in [-0.25, -0.2) is 0 Å². The van der Waals surface area contributed by atoms with Gasteiger partial charge >= 0.3 is 0 Å². The Kier molecular flexibility index (Phi) is 4.71. The lowest BCUT2D eigenvalue weighted by Gasteiger charge is -2.21. The molecular weight excluding hydrogens is 240 g/mol. The van der Waals surface area contributed by atoms with E-state index in [1.54, 1.807) is 0 Å². The highest BCUT2D eigenvalue weighted by molar-refractivity contribution is 5.91. The highest BCUT2D eigenvalue weighted by Crippen LogP contribution is 2.25. The van der Waals surface area contributed by atoms with E-state index in [2.05, 4.69) is 16.0 Å². The van der Waals surface area contributed by atoms with Gasteiger partial charge in [-0.2, -0.15) is 0 Å². The molecule has 0 amide bonds. The largest absolute Gasteiger partial charge is 0.390 e. The normalized spacial score (nSPS) is 10.9. The number of anilines is 1. The first kappa shape index (κ1) is 13.8. The molecule has 4 heteroatoms. The fourth-order valence-electron chi connectivity index (χ4n) is 2.07. The van der Waals surface area contributed by atoms with E-state index in [0.717, 1.165) is 29.7 Å². The quantitative estimate of drug-likeness (QED) is 0.809. The molecule has 19 heavy (non-hydrogen) atoms. The van der Waals surface area contributed by atoms with Crippen LogP contribution in [0.2, 0.25) is 0 Å². The Labute approximate surface area is 113 Å². The summed E-state index contributed by atoms with van der Waals surface area (Å²) in [4.78, 5) is 6.56. The maximum atomic E-state index is 9.31. The zero-order valence-corrected chi connectivity index (χ0v) is 11.5. The second-order valence-corrected chi connectivity index (χ2v) is 4.43. The van der Waals surface area contributed by atoms with Crippen molar-refractivity contribution in [2.24, 2.45) is 0 Å². The second-order valence-electron chi connectivity index (χ2n) is 4.43. The van der Waals surface area contributed by atoms with Crippen molar-refractivity contribution in [3.05, 3.63) is 36.0 Å². The van der Waals surface area contributed by atoms with E-state index in [1.165, 1.54) is 0 Å². The van der Waals surface area contributed by atoms with Gasteiger partial charge in [0.1, 0.15) is 0 Å². The summed E-state index contributed by atoms with van der Waals surface area (Å²) in [6.07, 6.45) is 0. The average molecular weight is 260 g/mol. The molecule has 0 bridgehead atoms. The van der Waals surface area contributed by atoms with Gasteiger partial charge in [-0.1, -0.05) is 18.2 Å². The van der Waals surface area contributed by atoms with E-state index in [0.29, 0.717) is 12.3 Å². The molecule has 0 aliphatic rings. The van der Waals surface area contributed by atoms with Crippen molar-refractivity contribution < 1.29 is 9.84 Å². The van der Waals surface area contributed by atoms with E-state index in [1.807, 2.05) is 38.2 Å². The van der Waals surface area contributed by atoms with Crippen molar-refractivity contribution in [2.75, 3.05) is 31.7 Å². The summed E-state index contributed by atoms with van der Waals surface area (Å²) in [6.45, 7) is 4.18. The Morgan fingerprint density at radius 1 is 1.32 bits per heavy atom.